The van der Waals surface area contributed by atoms with Gasteiger partial charge in [-0.25, -0.2) is 0 Å². The fourth-order valence-electron chi connectivity index (χ4n) is 2.90. The van der Waals surface area contributed by atoms with Crippen LogP contribution in [0.3, 0.4) is 0 Å². The molecule has 1 N–H and O–H groups in total. The molecule has 0 bridgehead atoms. The Morgan fingerprint density at radius 1 is 1.17 bits per heavy atom. The highest BCUT2D eigenvalue weighted by Gasteiger charge is 2.31. The molecule has 18 heavy (non-hydrogen) atoms. The van der Waals surface area contributed by atoms with Gasteiger partial charge in [-0.05, 0) is 49.6 Å². The van der Waals surface area contributed by atoms with Gasteiger partial charge in [0.2, 0.25) is 0 Å². The average Bonchev–Trinajstić information content (AvgIpc) is 3.12. The molecule has 2 nitrogen and oxygen atoms in total. The molecule has 1 aliphatic heterocycles. The first-order valence-corrected chi connectivity index (χ1v) is 7.29. The first-order chi connectivity index (χ1) is 8.93. The molecule has 1 aromatic carbocycles. The zero-order valence-electron chi connectivity index (χ0n) is 11.0. The van der Waals surface area contributed by atoms with Crippen LogP contribution in [0.4, 0.5) is 0 Å². The molecule has 1 aliphatic carbocycles. The van der Waals surface area contributed by atoms with Crippen molar-refractivity contribution in [2.45, 2.75) is 31.7 Å². The van der Waals surface area contributed by atoms with Gasteiger partial charge in [-0.2, -0.15) is 0 Å². The summed E-state index contributed by atoms with van der Waals surface area (Å²) in [6.45, 7) is 3.07. The number of rotatable bonds is 6. The maximum Gasteiger partial charge on any atom is 0.0495 e. The molecule has 2 unspecified atom stereocenters. The van der Waals surface area contributed by atoms with E-state index in [4.69, 9.17) is 4.74 Å². The van der Waals surface area contributed by atoms with Crippen LogP contribution in [0.15, 0.2) is 30.3 Å². The number of hydrogen-bond acceptors (Lipinski definition) is 2. The lowest BCUT2D eigenvalue weighted by Crippen LogP contribution is -2.25. The maximum atomic E-state index is 5.43. The van der Waals surface area contributed by atoms with Crippen molar-refractivity contribution < 1.29 is 4.74 Å². The van der Waals surface area contributed by atoms with Crippen molar-refractivity contribution in [2.75, 3.05) is 19.8 Å². The van der Waals surface area contributed by atoms with Gasteiger partial charge in [-0.1, -0.05) is 30.3 Å². The molecule has 0 aromatic heterocycles. The SMILES string of the molecule is c1ccc(C(NCCC2CCOC2)C2CC2)cc1. The van der Waals surface area contributed by atoms with Crippen LogP contribution in [-0.4, -0.2) is 19.8 Å². The molecule has 3 rings (SSSR count). The van der Waals surface area contributed by atoms with Gasteiger partial charge in [0, 0.05) is 19.3 Å². The highest BCUT2D eigenvalue weighted by Crippen LogP contribution is 2.40. The summed E-state index contributed by atoms with van der Waals surface area (Å²) in [5, 5.41) is 3.77. The van der Waals surface area contributed by atoms with Crippen molar-refractivity contribution in [3.05, 3.63) is 35.9 Å². The minimum atomic E-state index is 0.577. The summed E-state index contributed by atoms with van der Waals surface area (Å²) in [5.41, 5.74) is 1.46. The van der Waals surface area contributed by atoms with Crippen molar-refractivity contribution in [1.29, 1.82) is 0 Å². The third kappa shape index (κ3) is 3.12. The lowest BCUT2D eigenvalue weighted by atomic mass is 10.0. The van der Waals surface area contributed by atoms with E-state index in [-0.39, 0.29) is 0 Å². The topological polar surface area (TPSA) is 21.3 Å². The third-order valence-electron chi connectivity index (χ3n) is 4.19. The standard InChI is InChI=1S/C16H23NO/c1-2-4-14(5-3-1)16(15-6-7-15)17-10-8-13-9-11-18-12-13/h1-5,13,15-17H,6-12H2. The molecule has 2 fully saturated rings. The Bertz CT molecular complexity index is 355. The van der Waals surface area contributed by atoms with E-state index in [1.165, 1.54) is 31.2 Å². The molecule has 2 atom stereocenters. The summed E-state index contributed by atoms with van der Waals surface area (Å²) in [4.78, 5) is 0. The summed E-state index contributed by atoms with van der Waals surface area (Å²) in [5.74, 6) is 1.65. The van der Waals surface area contributed by atoms with E-state index >= 15 is 0 Å². The second-order valence-electron chi connectivity index (χ2n) is 5.70. The fraction of sp³-hybridized carbons (Fsp3) is 0.625. The van der Waals surface area contributed by atoms with Gasteiger partial charge in [0.1, 0.15) is 0 Å². The molecular weight excluding hydrogens is 222 g/mol. The lowest BCUT2D eigenvalue weighted by Gasteiger charge is -2.19. The number of benzene rings is 1. The van der Waals surface area contributed by atoms with Crippen LogP contribution in [0.1, 0.15) is 37.3 Å². The molecule has 1 heterocycles. The predicted octanol–water partition coefficient (Wildman–Crippen LogP) is 3.15. The van der Waals surface area contributed by atoms with Gasteiger partial charge in [0.25, 0.3) is 0 Å². The molecule has 1 saturated heterocycles. The van der Waals surface area contributed by atoms with Gasteiger partial charge < -0.3 is 10.1 Å². The summed E-state index contributed by atoms with van der Waals surface area (Å²) in [6.07, 6.45) is 5.29. The summed E-state index contributed by atoms with van der Waals surface area (Å²) < 4.78 is 5.43. The second kappa shape index (κ2) is 5.85. The van der Waals surface area contributed by atoms with Crippen LogP contribution in [0.25, 0.3) is 0 Å². The third-order valence-corrected chi connectivity index (χ3v) is 4.19. The van der Waals surface area contributed by atoms with Crippen LogP contribution in [-0.2, 0) is 4.74 Å². The monoisotopic (exact) mass is 245 g/mol. The Kier molecular flexibility index (Phi) is 3.96. The summed E-state index contributed by atoms with van der Waals surface area (Å²) >= 11 is 0. The minimum absolute atomic E-state index is 0.577. The van der Waals surface area contributed by atoms with E-state index in [1.54, 1.807) is 0 Å². The van der Waals surface area contributed by atoms with Crippen LogP contribution < -0.4 is 5.32 Å². The smallest absolute Gasteiger partial charge is 0.0495 e. The van der Waals surface area contributed by atoms with Crippen LogP contribution in [0.2, 0.25) is 0 Å². The number of ether oxygens (including phenoxy) is 1. The van der Waals surface area contributed by atoms with E-state index < -0.39 is 0 Å². The Balaban J connectivity index is 1.51. The summed E-state index contributed by atoms with van der Waals surface area (Å²) in [7, 11) is 0. The van der Waals surface area contributed by atoms with E-state index in [0.29, 0.717) is 6.04 Å². The molecule has 0 amide bonds. The van der Waals surface area contributed by atoms with Crippen molar-refractivity contribution >= 4 is 0 Å². The largest absolute Gasteiger partial charge is 0.381 e. The zero-order valence-corrected chi connectivity index (χ0v) is 11.0. The normalized spacial score (nSPS) is 25.2. The number of hydrogen-bond donors (Lipinski definition) is 1. The molecule has 0 spiro atoms. The lowest BCUT2D eigenvalue weighted by molar-refractivity contribution is 0.184. The Labute approximate surface area is 110 Å². The molecule has 98 valence electrons. The molecule has 2 aliphatic rings. The zero-order chi connectivity index (χ0) is 12.2. The van der Waals surface area contributed by atoms with Gasteiger partial charge in [-0.3, -0.25) is 0 Å². The minimum Gasteiger partial charge on any atom is -0.381 e. The molecular formula is C16H23NO. The van der Waals surface area contributed by atoms with Crippen molar-refractivity contribution in [3.63, 3.8) is 0 Å². The Hall–Kier alpha value is -0.860. The van der Waals surface area contributed by atoms with E-state index in [1.807, 2.05) is 0 Å². The molecule has 0 radical (unpaired) electrons. The van der Waals surface area contributed by atoms with Crippen molar-refractivity contribution in [3.8, 4) is 0 Å². The summed E-state index contributed by atoms with van der Waals surface area (Å²) in [6, 6.07) is 11.5. The maximum absolute atomic E-state index is 5.43. The fourth-order valence-corrected chi connectivity index (χ4v) is 2.90. The number of nitrogens with one attached hydrogen (secondary N) is 1. The Morgan fingerprint density at radius 3 is 2.67 bits per heavy atom. The van der Waals surface area contributed by atoms with E-state index in [2.05, 4.69) is 35.6 Å². The van der Waals surface area contributed by atoms with Crippen LogP contribution in [0, 0.1) is 11.8 Å². The van der Waals surface area contributed by atoms with E-state index in [9.17, 15) is 0 Å². The van der Waals surface area contributed by atoms with Gasteiger partial charge in [0.05, 0.1) is 0 Å². The van der Waals surface area contributed by atoms with E-state index in [0.717, 1.165) is 31.6 Å². The quantitative estimate of drug-likeness (QED) is 0.831. The van der Waals surface area contributed by atoms with Crippen molar-refractivity contribution in [2.24, 2.45) is 11.8 Å². The molecule has 1 saturated carbocycles. The highest BCUT2D eigenvalue weighted by molar-refractivity contribution is 5.21. The van der Waals surface area contributed by atoms with Gasteiger partial charge >= 0.3 is 0 Å². The molecule has 1 aromatic rings. The second-order valence-corrected chi connectivity index (χ2v) is 5.70. The van der Waals surface area contributed by atoms with Gasteiger partial charge in [-0.15, -0.1) is 0 Å². The van der Waals surface area contributed by atoms with Crippen molar-refractivity contribution in [1.82, 2.24) is 5.32 Å². The predicted molar refractivity (Wildman–Crippen MR) is 73.5 cm³/mol. The van der Waals surface area contributed by atoms with Crippen LogP contribution >= 0.6 is 0 Å². The average molecular weight is 245 g/mol. The first kappa shape index (κ1) is 12.2. The first-order valence-electron chi connectivity index (χ1n) is 7.29. The molecule has 2 heteroatoms. The Morgan fingerprint density at radius 2 is 2.00 bits per heavy atom. The van der Waals surface area contributed by atoms with Crippen LogP contribution in [0.5, 0.6) is 0 Å². The highest BCUT2D eigenvalue weighted by atomic mass is 16.5. The van der Waals surface area contributed by atoms with Gasteiger partial charge in [0.15, 0.2) is 0 Å².